The second-order valence-corrected chi connectivity index (χ2v) is 2.40. The fourth-order valence-corrected chi connectivity index (χ4v) is 1.03. The zero-order valence-electron chi connectivity index (χ0n) is 7.65. The first-order valence-electron chi connectivity index (χ1n) is 3.68. The third kappa shape index (κ3) is 9.05. The number of halogens is 2. The van der Waals surface area contributed by atoms with Gasteiger partial charge in [0.15, 0.2) is 0 Å². The van der Waals surface area contributed by atoms with Crippen LogP contribution in [-0.4, -0.2) is 13.7 Å². The Kier molecular flexibility index (Phi) is 18.9. The Bertz CT molecular complexity index is 158. The maximum absolute atomic E-state index is 4.94. The van der Waals surface area contributed by atoms with Gasteiger partial charge in [0.2, 0.25) is 0 Å². The molecule has 0 spiro atoms. The van der Waals surface area contributed by atoms with E-state index in [0.29, 0.717) is 0 Å². The summed E-state index contributed by atoms with van der Waals surface area (Å²) in [4.78, 5) is 0. The van der Waals surface area contributed by atoms with Crippen LogP contribution < -0.4 is 24.8 Å². The number of rotatable bonds is 4. The number of hydrogen-bond donors (Lipinski definition) is 0. The van der Waals surface area contributed by atoms with E-state index in [-0.39, 0.29) is 46.5 Å². The molecular formula is C9H13Cl2OTi. The summed E-state index contributed by atoms with van der Waals surface area (Å²) in [6, 6.07) is 0. The molecule has 1 aliphatic rings. The molecule has 0 aromatic rings. The first-order valence-corrected chi connectivity index (χ1v) is 3.68. The van der Waals surface area contributed by atoms with Gasteiger partial charge in [-0.3, -0.25) is 6.08 Å². The zero-order chi connectivity index (χ0) is 7.23. The Hall–Kier alpha value is 0.734. The Balaban J connectivity index is -0.000000333. The van der Waals surface area contributed by atoms with E-state index in [1.54, 1.807) is 7.11 Å². The summed E-state index contributed by atoms with van der Waals surface area (Å²) in [5, 5.41) is 0. The van der Waals surface area contributed by atoms with Crippen molar-refractivity contribution in [2.45, 2.75) is 19.3 Å². The third-order valence-electron chi connectivity index (χ3n) is 1.56. The molecule has 73 valence electrons. The summed E-state index contributed by atoms with van der Waals surface area (Å²) in [7, 11) is 1.74. The van der Waals surface area contributed by atoms with Crippen molar-refractivity contribution in [3.05, 3.63) is 23.8 Å². The van der Waals surface area contributed by atoms with E-state index in [0.717, 1.165) is 25.9 Å². The summed E-state index contributed by atoms with van der Waals surface area (Å²) >= 11 is 0. The van der Waals surface area contributed by atoms with Gasteiger partial charge in [0, 0.05) is 13.7 Å². The molecular weight excluding hydrogens is 243 g/mol. The van der Waals surface area contributed by atoms with Crippen molar-refractivity contribution in [2.24, 2.45) is 0 Å². The van der Waals surface area contributed by atoms with E-state index < -0.39 is 0 Å². The van der Waals surface area contributed by atoms with E-state index in [4.69, 9.17) is 4.74 Å². The van der Waals surface area contributed by atoms with E-state index in [2.05, 4.69) is 18.2 Å². The average Bonchev–Trinajstić information content (AvgIpc) is 2.41. The SMILES string of the molecule is COCCCC1=[C-]CC=C1.[Cl-].[Cl-].[Ti+3]. The van der Waals surface area contributed by atoms with Crippen molar-refractivity contribution < 1.29 is 51.3 Å². The summed E-state index contributed by atoms with van der Waals surface area (Å²) in [6.45, 7) is 0.860. The number of ether oxygens (including phenoxy) is 1. The van der Waals surface area contributed by atoms with Crippen molar-refractivity contribution in [1.29, 1.82) is 0 Å². The second-order valence-electron chi connectivity index (χ2n) is 2.40. The van der Waals surface area contributed by atoms with Crippen LogP contribution in [0.15, 0.2) is 17.7 Å². The van der Waals surface area contributed by atoms with Crippen LogP contribution in [0.1, 0.15) is 19.3 Å². The first kappa shape index (κ1) is 19.3. The minimum absolute atomic E-state index is 0. The maximum Gasteiger partial charge on any atom is 3.00 e. The normalized spacial score (nSPS) is 12.2. The van der Waals surface area contributed by atoms with Crippen molar-refractivity contribution in [3.8, 4) is 0 Å². The fourth-order valence-electron chi connectivity index (χ4n) is 1.03. The molecule has 0 N–H and O–H groups in total. The van der Waals surface area contributed by atoms with Gasteiger partial charge in [-0.1, -0.05) is 6.42 Å². The fraction of sp³-hybridized carbons (Fsp3) is 0.556. The van der Waals surface area contributed by atoms with Gasteiger partial charge in [0.25, 0.3) is 0 Å². The topological polar surface area (TPSA) is 9.23 Å². The van der Waals surface area contributed by atoms with Gasteiger partial charge in [-0.05, 0) is 6.42 Å². The third-order valence-corrected chi connectivity index (χ3v) is 1.56. The van der Waals surface area contributed by atoms with E-state index in [1.807, 2.05) is 0 Å². The number of methoxy groups -OCH3 is 1. The Labute approximate surface area is 108 Å². The molecule has 0 saturated carbocycles. The largest absolute Gasteiger partial charge is 3.00 e. The molecule has 1 nitrogen and oxygen atoms in total. The van der Waals surface area contributed by atoms with Crippen molar-refractivity contribution in [2.75, 3.05) is 13.7 Å². The number of hydrogen-bond acceptors (Lipinski definition) is 1. The van der Waals surface area contributed by atoms with Gasteiger partial charge in [0.05, 0.1) is 0 Å². The van der Waals surface area contributed by atoms with Gasteiger partial charge in [-0.2, -0.15) is 6.08 Å². The van der Waals surface area contributed by atoms with Gasteiger partial charge in [-0.15, -0.1) is 6.42 Å². The van der Waals surface area contributed by atoms with E-state index in [9.17, 15) is 0 Å². The summed E-state index contributed by atoms with van der Waals surface area (Å²) in [5.74, 6) is 0. The smallest absolute Gasteiger partial charge is 1.00 e. The van der Waals surface area contributed by atoms with Crippen LogP contribution in [0.4, 0.5) is 0 Å². The van der Waals surface area contributed by atoms with Crippen molar-refractivity contribution >= 4 is 0 Å². The molecule has 0 fully saturated rings. The van der Waals surface area contributed by atoms with Crippen LogP contribution in [0.5, 0.6) is 0 Å². The predicted octanol–water partition coefficient (Wildman–Crippen LogP) is -3.89. The predicted molar refractivity (Wildman–Crippen MR) is 41.6 cm³/mol. The van der Waals surface area contributed by atoms with Crippen LogP contribution in [0.3, 0.4) is 0 Å². The summed E-state index contributed by atoms with van der Waals surface area (Å²) < 4.78 is 4.94. The molecule has 0 aromatic heterocycles. The second kappa shape index (κ2) is 12.7. The van der Waals surface area contributed by atoms with Gasteiger partial charge in [0.1, 0.15) is 0 Å². The van der Waals surface area contributed by atoms with Crippen LogP contribution in [-0.2, 0) is 26.5 Å². The van der Waals surface area contributed by atoms with E-state index >= 15 is 0 Å². The van der Waals surface area contributed by atoms with E-state index in [1.165, 1.54) is 5.57 Å². The minimum Gasteiger partial charge on any atom is -1.00 e. The first-order chi connectivity index (χ1) is 4.93. The van der Waals surface area contributed by atoms with Gasteiger partial charge >= 0.3 is 21.7 Å². The molecule has 0 aromatic carbocycles. The Morgan fingerprint density at radius 1 is 1.46 bits per heavy atom. The molecule has 0 heterocycles. The summed E-state index contributed by atoms with van der Waals surface area (Å²) in [5.41, 5.74) is 1.34. The quantitative estimate of drug-likeness (QED) is 0.284. The zero-order valence-corrected chi connectivity index (χ0v) is 10.7. The standard InChI is InChI=1S/C9H13O.2ClH.Ti/c1-10-8-4-7-9-5-2-3-6-9;;;/h2,5H,3-4,7-8H2,1H3;2*1H;/q-1;;;+3/p-2. The van der Waals surface area contributed by atoms with Crippen molar-refractivity contribution in [1.82, 2.24) is 0 Å². The molecule has 4 heteroatoms. The maximum atomic E-state index is 4.94. The molecule has 0 aliphatic heterocycles. The molecule has 0 amide bonds. The molecule has 0 atom stereocenters. The molecule has 1 rings (SSSR count). The van der Waals surface area contributed by atoms with Crippen LogP contribution in [0, 0.1) is 6.08 Å². The monoisotopic (exact) mass is 255 g/mol. The average molecular weight is 256 g/mol. The summed E-state index contributed by atoms with van der Waals surface area (Å²) in [6.07, 6.45) is 10.8. The van der Waals surface area contributed by atoms with Crippen LogP contribution in [0.2, 0.25) is 0 Å². The van der Waals surface area contributed by atoms with Crippen molar-refractivity contribution in [3.63, 3.8) is 0 Å². The Morgan fingerprint density at radius 3 is 2.62 bits per heavy atom. The number of allylic oxidation sites excluding steroid dienone is 4. The Morgan fingerprint density at radius 2 is 2.15 bits per heavy atom. The molecule has 0 saturated heterocycles. The molecule has 0 unspecified atom stereocenters. The van der Waals surface area contributed by atoms with Gasteiger partial charge in [-0.25, -0.2) is 11.6 Å². The van der Waals surface area contributed by atoms with Gasteiger partial charge < -0.3 is 29.6 Å². The van der Waals surface area contributed by atoms with Crippen LogP contribution in [0.25, 0.3) is 0 Å². The molecule has 0 bridgehead atoms. The molecule has 1 aliphatic carbocycles. The minimum atomic E-state index is 0. The molecule has 1 radical (unpaired) electrons. The molecule has 13 heavy (non-hydrogen) atoms. The van der Waals surface area contributed by atoms with Crippen LogP contribution >= 0.6 is 0 Å².